The molecule has 24 heavy (non-hydrogen) atoms. The van der Waals surface area contributed by atoms with E-state index in [9.17, 15) is 0 Å². The van der Waals surface area contributed by atoms with Gasteiger partial charge >= 0.3 is 0 Å². The highest BCUT2D eigenvalue weighted by molar-refractivity contribution is 14.0. The number of nitrogens with one attached hydrogen (secondary N) is 2. The summed E-state index contributed by atoms with van der Waals surface area (Å²) in [5.74, 6) is 2.30. The second kappa shape index (κ2) is 10.8. The van der Waals surface area contributed by atoms with Gasteiger partial charge in [0.05, 0.1) is 19.3 Å². The summed E-state index contributed by atoms with van der Waals surface area (Å²) in [5.41, 5.74) is 0. The molecule has 0 aliphatic carbocycles. The lowest BCUT2D eigenvalue weighted by Crippen LogP contribution is -2.50. The van der Waals surface area contributed by atoms with E-state index in [0.29, 0.717) is 12.5 Å². The van der Waals surface area contributed by atoms with E-state index >= 15 is 0 Å². The van der Waals surface area contributed by atoms with Gasteiger partial charge in [-0.25, -0.2) is 0 Å². The third kappa shape index (κ3) is 6.89. The Hall–Kier alpha value is -0.940. The summed E-state index contributed by atoms with van der Waals surface area (Å²) in [7, 11) is 3.69. The van der Waals surface area contributed by atoms with Crippen molar-refractivity contribution in [2.75, 3.05) is 39.8 Å². The molecule has 0 saturated carbocycles. The molecule has 2 heterocycles. The molecule has 1 saturated heterocycles. The summed E-state index contributed by atoms with van der Waals surface area (Å²) in [6.07, 6.45) is 1.88. The van der Waals surface area contributed by atoms with Gasteiger partial charge in [-0.3, -0.25) is 9.89 Å². The number of morpholine rings is 1. The number of nitrogens with zero attached hydrogens (tertiary/aromatic N) is 5. The Morgan fingerprint density at radius 2 is 2.25 bits per heavy atom. The standard InChI is InChI=1S/C15H29N7O.HI/c1-12(2)9-22-5-6-23-13(10-22)7-17-15(16-3)18-8-14-20-19-11-21(14)4;/h11-13H,5-10H2,1-4H3,(H2,16,17,18);1H. The van der Waals surface area contributed by atoms with Crippen molar-refractivity contribution in [3.8, 4) is 0 Å². The summed E-state index contributed by atoms with van der Waals surface area (Å²) in [4.78, 5) is 6.71. The van der Waals surface area contributed by atoms with Crippen LogP contribution in [-0.4, -0.2) is 71.6 Å². The number of aryl methyl sites for hydroxylation is 1. The first kappa shape index (κ1) is 21.1. The van der Waals surface area contributed by atoms with Crippen LogP contribution in [0, 0.1) is 5.92 Å². The van der Waals surface area contributed by atoms with Crippen molar-refractivity contribution in [3.05, 3.63) is 12.2 Å². The Morgan fingerprint density at radius 1 is 1.46 bits per heavy atom. The maximum absolute atomic E-state index is 5.84. The van der Waals surface area contributed by atoms with Gasteiger partial charge in [0.25, 0.3) is 0 Å². The number of guanidine groups is 1. The van der Waals surface area contributed by atoms with Crippen molar-refractivity contribution < 1.29 is 4.74 Å². The van der Waals surface area contributed by atoms with Crippen LogP contribution in [-0.2, 0) is 18.3 Å². The first-order valence-corrected chi connectivity index (χ1v) is 8.19. The maximum Gasteiger partial charge on any atom is 0.191 e. The second-order valence-electron chi connectivity index (χ2n) is 6.31. The van der Waals surface area contributed by atoms with Crippen LogP contribution in [0.5, 0.6) is 0 Å². The number of aromatic nitrogens is 3. The number of rotatable bonds is 6. The molecule has 138 valence electrons. The smallest absolute Gasteiger partial charge is 0.191 e. The zero-order valence-corrected chi connectivity index (χ0v) is 17.4. The number of halogens is 1. The molecule has 2 N–H and O–H groups in total. The van der Waals surface area contributed by atoms with Gasteiger partial charge in [-0.05, 0) is 5.92 Å². The van der Waals surface area contributed by atoms with Gasteiger partial charge in [0.2, 0.25) is 0 Å². The fourth-order valence-corrected chi connectivity index (χ4v) is 2.65. The normalized spacial score (nSPS) is 19.2. The molecule has 1 fully saturated rings. The van der Waals surface area contributed by atoms with E-state index in [1.54, 1.807) is 13.4 Å². The van der Waals surface area contributed by atoms with Crippen molar-refractivity contribution in [3.63, 3.8) is 0 Å². The van der Waals surface area contributed by atoms with Crippen LogP contribution < -0.4 is 10.6 Å². The second-order valence-corrected chi connectivity index (χ2v) is 6.31. The Balaban J connectivity index is 0.00000288. The topological polar surface area (TPSA) is 79.6 Å². The van der Waals surface area contributed by atoms with Crippen LogP contribution in [0.3, 0.4) is 0 Å². The van der Waals surface area contributed by atoms with Gasteiger partial charge in [-0.1, -0.05) is 13.8 Å². The van der Waals surface area contributed by atoms with E-state index < -0.39 is 0 Å². The summed E-state index contributed by atoms with van der Waals surface area (Å²) < 4.78 is 7.72. The lowest BCUT2D eigenvalue weighted by Gasteiger charge is -2.34. The van der Waals surface area contributed by atoms with Gasteiger partial charge < -0.3 is 19.9 Å². The average Bonchev–Trinajstić information content (AvgIpc) is 2.92. The SMILES string of the molecule is CN=C(NCc1nncn1C)NCC1CN(CC(C)C)CCO1.I. The quantitative estimate of drug-likeness (QED) is 0.372. The third-order valence-corrected chi connectivity index (χ3v) is 3.79. The van der Waals surface area contributed by atoms with Crippen LogP contribution in [0.1, 0.15) is 19.7 Å². The largest absolute Gasteiger partial charge is 0.374 e. The Kier molecular flexibility index (Phi) is 9.52. The van der Waals surface area contributed by atoms with E-state index in [4.69, 9.17) is 4.74 Å². The predicted octanol–water partition coefficient (Wildman–Crippen LogP) is 0.455. The number of hydrogen-bond donors (Lipinski definition) is 2. The summed E-state index contributed by atoms with van der Waals surface area (Å²) in [5, 5.41) is 14.5. The molecule has 1 atom stereocenters. The molecule has 1 aliphatic rings. The van der Waals surface area contributed by atoms with Crippen LogP contribution in [0.25, 0.3) is 0 Å². The first-order chi connectivity index (χ1) is 11.1. The summed E-state index contributed by atoms with van der Waals surface area (Å²) >= 11 is 0. The minimum absolute atomic E-state index is 0. The van der Waals surface area contributed by atoms with Gasteiger partial charge in [0, 0.05) is 40.3 Å². The van der Waals surface area contributed by atoms with E-state index in [2.05, 4.69) is 44.6 Å². The molecule has 0 bridgehead atoms. The van der Waals surface area contributed by atoms with Gasteiger partial charge in [-0.2, -0.15) is 0 Å². The lowest BCUT2D eigenvalue weighted by atomic mass is 10.2. The summed E-state index contributed by atoms with van der Waals surface area (Å²) in [6.45, 7) is 9.73. The minimum atomic E-state index is 0. The minimum Gasteiger partial charge on any atom is -0.374 e. The van der Waals surface area contributed by atoms with Crippen LogP contribution >= 0.6 is 24.0 Å². The summed E-state index contributed by atoms with van der Waals surface area (Å²) in [6, 6.07) is 0. The molecule has 0 radical (unpaired) electrons. The zero-order chi connectivity index (χ0) is 16.7. The van der Waals surface area contributed by atoms with Crippen molar-refractivity contribution in [1.29, 1.82) is 0 Å². The van der Waals surface area contributed by atoms with E-state index in [1.165, 1.54) is 0 Å². The molecule has 1 aliphatic heterocycles. The fourth-order valence-electron chi connectivity index (χ4n) is 2.65. The van der Waals surface area contributed by atoms with Gasteiger partial charge in [-0.15, -0.1) is 34.2 Å². The predicted molar refractivity (Wildman–Crippen MR) is 106 cm³/mol. The Labute approximate surface area is 161 Å². The average molecular weight is 451 g/mol. The molecule has 9 heteroatoms. The highest BCUT2D eigenvalue weighted by Gasteiger charge is 2.21. The molecular formula is C15H30IN7O. The van der Waals surface area contributed by atoms with Crippen LogP contribution in [0.15, 0.2) is 11.3 Å². The third-order valence-electron chi connectivity index (χ3n) is 3.79. The van der Waals surface area contributed by atoms with Crippen molar-refractivity contribution in [1.82, 2.24) is 30.3 Å². The van der Waals surface area contributed by atoms with Crippen molar-refractivity contribution in [2.45, 2.75) is 26.5 Å². The van der Waals surface area contributed by atoms with E-state index in [0.717, 1.165) is 44.6 Å². The highest BCUT2D eigenvalue weighted by atomic mass is 127. The van der Waals surface area contributed by atoms with Crippen molar-refractivity contribution >= 4 is 29.9 Å². The maximum atomic E-state index is 5.84. The molecule has 1 unspecified atom stereocenters. The van der Waals surface area contributed by atoms with E-state index in [-0.39, 0.29) is 30.1 Å². The van der Waals surface area contributed by atoms with E-state index in [1.807, 2.05) is 11.6 Å². The molecule has 0 amide bonds. The lowest BCUT2D eigenvalue weighted by molar-refractivity contribution is -0.0284. The molecule has 0 spiro atoms. The van der Waals surface area contributed by atoms with Crippen LogP contribution in [0.2, 0.25) is 0 Å². The number of hydrogen-bond acceptors (Lipinski definition) is 5. The van der Waals surface area contributed by atoms with Gasteiger partial charge in [0.1, 0.15) is 6.33 Å². The number of ether oxygens (including phenoxy) is 1. The molecule has 1 aromatic heterocycles. The van der Waals surface area contributed by atoms with Crippen LogP contribution in [0.4, 0.5) is 0 Å². The fraction of sp³-hybridized carbons (Fsp3) is 0.800. The Morgan fingerprint density at radius 3 is 2.88 bits per heavy atom. The Bertz CT molecular complexity index is 506. The molecule has 2 rings (SSSR count). The van der Waals surface area contributed by atoms with Crippen molar-refractivity contribution in [2.24, 2.45) is 18.0 Å². The monoisotopic (exact) mass is 451 g/mol. The highest BCUT2D eigenvalue weighted by Crippen LogP contribution is 2.07. The van der Waals surface area contributed by atoms with Gasteiger partial charge in [0.15, 0.2) is 11.8 Å². The first-order valence-electron chi connectivity index (χ1n) is 8.19. The molecule has 1 aromatic rings. The number of aliphatic imine (C=N–C) groups is 1. The zero-order valence-electron chi connectivity index (χ0n) is 15.0. The molecular weight excluding hydrogens is 421 g/mol. The molecule has 8 nitrogen and oxygen atoms in total. The molecule has 0 aromatic carbocycles.